The van der Waals surface area contributed by atoms with Crippen LogP contribution >= 0.6 is 11.6 Å². The minimum Gasteiger partial charge on any atom is -0.488 e. The smallest absolute Gasteiger partial charge is 0.320 e. The average molecular weight is 612 g/mol. The van der Waals surface area contributed by atoms with Crippen molar-refractivity contribution in [2.75, 3.05) is 19.8 Å². The fourth-order valence-corrected chi connectivity index (χ4v) is 5.62. The molecule has 1 N–H and O–H groups in total. The van der Waals surface area contributed by atoms with E-state index in [1.807, 2.05) is 35.2 Å². The lowest BCUT2D eigenvalue weighted by atomic mass is 9.96. The van der Waals surface area contributed by atoms with Gasteiger partial charge in [-0.1, -0.05) is 35.9 Å². The Hall–Kier alpha value is -4.78. The van der Waals surface area contributed by atoms with Gasteiger partial charge in [-0.15, -0.1) is 0 Å². The zero-order valence-corrected chi connectivity index (χ0v) is 24.8. The number of aromatic nitrogens is 1. The number of nitrogens with zero attached hydrogens (tertiary/aromatic N) is 3. The summed E-state index contributed by atoms with van der Waals surface area (Å²) in [4.78, 5) is 17.6. The maximum atomic E-state index is 11.6. The van der Waals surface area contributed by atoms with Crippen LogP contribution in [0.3, 0.4) is 0 Å². The molecule has 10 heteroatoms. The van der Waals surface area contributed by atoms with Gasteiger partial charge >= 0.3 is 5.97 Å². The molecule has 4 aromatic rings. The third-order valence-electron chi connectivity index (χ3n) is 7.90. The summed E-state index contributed by atoms with van der Waals surface area (Å²) in [7, 11) is 0. The summed E-state index contributed by atoms with van der Waals surface area (Å²) >= 11 is 6.72. The Morgan fingerprint density at radius 2 is 1.86 bits per heavy atom. The molecule has 224 valence electrons. The molecule has 0 aliphatic carbocycles. The van der Waals surface area contributed by atoms with Gasteiger partial charge < -0.3 is 24.1 Å². The number of benzene rings is 3. The number of fused-ring (bicyclic) bond motifs is 1. The Morgan fingerprint density at radius 3 is 2.64 bits per heavy atom. The van der Waals surface area contributed by atoms with Gasteiger partial charge in [-0.25, -0.2) is 0 Å². The largest absolute Gasteiger partial charge is 0.488 e. The van der Waals surface area contributed by atoms with E-state index in [-0.39, 0.29) is 13.2 Å². The molecule has 2 aliphatic rings. The molecule has 0 spiro atoms. The standard InChI is InChI=1S/C34H30ClN3O6/c1-21-25(3-2-4-27(21)24-5-6-30-33(13-24)42-10-9-41-30)20-44-32-14-31(43-19-23-11-22(15-36)16-37-17-23)26(12-28(32)35)18-38-8-7-29(38)34(39)40/h2-6,11-14,16-17,29H,7-10,18-20H2,1H3,(H,39,40)/t29-/m0/s1. The van der Waals surface area contributed by atoms with Crippen LogP contribution in [0.4, 0.5) is 0 Å². The molecule has 6 rings (SSSR count). The normalized spacial score (nSPS) is 15.6. The van der Waals surface area contributed by atoms with Gasteiger partial charge in [0.1, 0.15) is 50.0 Å². The Balaban J connectivity index is 1.24. The predicted octanol–water partition coefficient (Wildman–Crippen LogP) is 6.17. The second kappa shape index (κ2) is 12.8. The summed E-state index contributed by atoms with van der Waals surface area (Å²) in [5.41, 5.74) is 6.04. The van der Waals surface area contributed by atoms with E-state index in [1.54, 1.807) is 24.4 Å². The first-order valence-corrected chi connectivity index (χ1v) is 14.6. The monoisotopic (exact) mass is 611 g/mol. The molecule has 0 amide bonds. The Labute approximate surface area is 260 Å². The molecular weight excluding hydrogens is 582 g/mol. The molecule has 44 heavy (non-hydrogen) atoms. The zero-order chi connectivity index (χ0) is 30.6. The Bertz CT molecular complexity index is 1750. The first-order valence-electron chi connectivity index (χ1n) is 14.3. The van der Waals surface area contributed by atoms with Crippen molar-refractivity contribution < 1.29 is 28.8 Å². The molecule has 1 atom stereocenters. The number of pyridine rings is 1. The molecule has 1 saturated heterocycles. The first kappa shape index (κ1) is 29.3. The lowest BCUT2D eigenvalue weighted by molar-refractivity contribution is -0.148. The SMILES string of the molecule is Cc1c(COc2cc(OCc3cncc(C#N)c3)c(CN3CC[C@H]3C(=O)O)cc2Cl)cccc1-c1ccc2c(c1)OCCO2. The highest BCUT2D eigenvalue weighted by molar-refractivity contribution is 6.32. The summed E-state index contributed by atoms with van der Waals surface area (Å²) in [5.74, 6) is 1.59. The molecule has 9 nitrogen and oxygen atoms in total. The molecule has 3 aromatic carbocycles. The lowest BCUT2D eigenvalue weighted by Crippen LogP contribution is -2.51. The minimum absolute atomic E-state index is 0.162. The number of hydrogen-bond acceptors (Lipinski definition) is 8. The number of carboxylic acids is 1. The number of rotatable bonds is 10. The second-order valence-corrected chi connectivity index (χ2v) is 11.1. The van der Waals surface area contributed by atoms with Crippen molar-refractivity contribution in [3.63, 3.8) is 0 Å². The van der Waals surface area contributed by atoms with Crippen molar-refractivity contribution in [3.8, 4) is 40.2 Å². The molecule has 3 heterocycles. The highest BCUT2D eigenvalue weighted by Crippen LogP contribution is 2.38. The molecule has 2 aliphatic heterocycles. The van der Waals surface area contributed by atoms with Gasteiger partial charge in [0.2, 0.25) is 0 Å². The topological polar surface area (TPSA) is 114 Å². The number of aliphatic carboxylic acids is 1. The van der Waals surface area contributed by atoms with E-state index in [0.29, 0.717) is 54.8 Å². The molecular formula is C34H30ClN3O6. The van der Waals surface area contributed by atoms with Crippen molar-refractivity contribution in [3.05, 3.63) is 99.8 Å². The van der Waals surface area contributed by atoms with Crippen LogP contribution in [0.2, 0.25) is 5.02 Å². The third kappa shape index (κ3) is 6.27. The van der Waals surface area contributed by atoms with Crippen LogP contribution in [0.25, 0.3) is 11.1 Å². The van der Waals surface area contributed by atoms with Crippen molar-refractivity contribution in [2.45, 2.75) is 39.1 Å². The fraction of sp³-hybridized carbons (Fsp3) is 0.265. The molecule has 0 unspecified atom stereocenters. The van der Waals surface area contributed by atoms with Gasteiger partial charge in [-0.3, -0.25) is 14.7 Å². The number of carbonyl (C=O) groups is 1. The van der Waals surface area contributed by atoms with Crippen molar-refractivity contribution in [2.24, 2.45) is 0 Å². The summed E-state index contributed by atoms with van der Waals surface area (Å²) in [5, 5.41) is 19.2. The molecule has 0 radical (unpaired) electrons. The number of ether oxygens (including phenoxy) is 4. The second-order valence-electron chi connectivity index (χ2n) is 10.7. The van der Waals surface area contributed by atoms with E-state index >= 15 is 0 Å². The fourth-order valence-electron chi connectivity index (χ4n) is 5.38. The summed E-state index contributed by atoms with van der Waals surface area (Å²) in [6.45, 7) is 4.58. The van der Waals surface area contributed by atoms with Crippen LogP contribution in [0.15, 0.2) is 67.0 Å². The van der Waals surface area contributed by atoms with E-state index in [4.69, 9.17) is 30.5 Å². The highest BCUT2D eigenvalue weighted by Gasteiger charge is 2.34. The van der Waals surface area contributed by atoms with Crippen LogP contribution in [0, 0.1) is 18.3 Å². The van der Waals surface area contributed by atoms with Gasteiger partial charge in [0, 0.05) is 42.7 Å². The van der Waals surface area contributed by atoms with E-state index in [2.05, 4.69) is 24.0 Å². The van der Waals surface area contributed by atoms with Crippen LogP contribution < -0.4 is 18.9 Å². The average Bonchev–Trinajstić information content (AvgIpc) is 3.02. The van der Waals surface area contributed by atoms with Gasteiger partial charge in [-0.2, -0.15) is 5.26 Å². The van der Waals surface area contributed by atoms with Crippen LogP contribution in [-0.2, 0) is 24.6 Å². The van der Waals surface area contributed by atoms with E-state index in [9.17, 15) is 15.2 Å². The summed E-state index contributed by atoms with van der Waals surface area (Å²) in [6.07, 6.45) is 3.73. The first-order chi connectivity index (χ1) is 21.4. The highest BCUT2D eigenvalue weighted by atomic mass is 35.5. The number of likely N-dealkylation sites (tertiary alicyclic amines) is 1. The van der Waals surface area contributed by atoms with E-state index in [1.165, 1.54) is 6.20 Å². The van der Waals surface area contributed by atoms with E-state index < -0.39 is 12.0 Å². The van der Waals surface area contributed by atoms with Crippen LogP contribution in [0.5, 0.6) is 23.0 Å². The number of carboxylic acid groups (broad SMARTS) is 1. The van der Waals surface area contributed by atoms with Crippen molar-refractivity contribution in [1.82, 2.24) is 9.88 Å². The van der Waals surface area contributed by atoms with Gasteiger partial charge in [0.25, 0.3) is 0 Å². The van der Waals surface area contributed by atoms with Crippen molar-refractivity contribution in [1.29, 1.82) is 5.26 Å². The Kier molecular flexibility index (Phi) is 8.55. The maximum absolute atomic E-state index is 11.6. The minimum atomic E-state index is -0.849. The van der Waals surface area contributed by atoms with Crippen molar-refractivity contribution >= 4 is 17.6 Å². The number of halogens is 1. The quantitative estimate of drug-likeness (QED) is 0.225. The lowest BCUT2D eigenvalue weighted by Gasteiger charge is -2.38. The van der Waals surface area contributed by atoms with E-state index in [0.717, 1.165) is 44.9 Å². The van der Waals surface area contributed by atoms with Crippen LogP contribution in [-0.4, -0.2) is 46.8 Å². The number of nitriles is 1. The van der Waals surface area contributed by atoms with Gasteiger partial charge in [-0.05, 0) is 59.9 Å². The van der Waals surface area contributed by atoms with Crippen LogP contribution in [0.1, 0.15) is 34.2 Å². The number of hydrogen-bond donors (Lipinski definition) is 1. The Morgan fingerprint density at radius 1 is 1.05 bits per heavy atom. The maximum Gasteiger partial charge on any atom is 0.320 e. The molecule has 1 aromatic heterocycles. The molecule has 1 fully saturated rings. The molecule has 0 saturated carbocycles. The molecule has 0 bridgehead atoms. The third-order valence-corrected chi connectivity index (χ3v) is 8.20. The van der Waals surface area contributed by atoms with Gasteiger partial charge in [0.15, 0.2) is 11.5 Å². The van der Waals surface area contributed by atoms with Gasteiger partial charge in [0.05, 0.1) is 10.6 Å². The summed E-state index contributed by atoms with van der Waals surface area (Å²) < 4.78 is 23.9. The zero-order valence-electron chi connectivity index (χ0n) is 24.1. The summed E-state index contributed by atoms with van der Waals surface area (Å²) in [6, 6.07) is 18.8. The predicted molar refractivity (Wildman–Crippen MR) is 163 cm³/mol.